The first-order valence-electron chi connectivity index (χ1n) is 9.18. The third-order valence-corrected chi connectivity index (χ3v) is 5.89. The number of piperazine rings is 1. The van der Waals surface area contributed by atoms with Crippen molar-refractivity contribution in [2.75, 3.05) is 45.8 Å². The minimum Gasteiger partial charge on any atom is -0.300 e. The zero-order valence-corrected chi connectivity index (χ0v) is 14.6. The normalized spacial score (nSPS) is 28.3. The predicted octanol–water partition coefficient (Wildman–Crippen LogP) is 2.52. The molecular weight excluding hydrogens is 258 g/mol. The average molecular weight is 293 g/mol. The van der Waals surface area contributed by atoms with Crippen LogP contribution >= 0.6 is 0 Å². The summed E-state index contributed by atoms with van der Waals surface area (Å²) in [7, 11) is 0. The molecule has 2 saturated heterocycles. The van der Waals surface area contributed by atoms with Crippen molar-refractivity contribution in [2.45, 2.75) is 59.0 Å². The molecular formula is C18H35N3. The summed E-state index contributed by atoms with van der Waals surface area (Å²) in [5.41, 5.74) is 0.718. The number of hydrogen-bond acceptors (Lipinski definition) is 3. The molecule has 0 aromatic carbocycles. The molecule has 3 nitrogen and oxygen atoms in total. The van der Waals surface area contributed by atoms with Crippen LogP contribution in [0.4, 0.5) is 0 Å². The van der Waals surface area contributed by atoms with E-state index in [-0.39, 0.29) is 0 Å². The van der Waals surface area contributed by atoms with E-state index in [1.54, 1.807) is 0 Å². The summed E-state index contributed by atoms with van der Waals surface area (Å²) in [5, 5.41) is 0. The summed E-state index contributed by atoms with van der Waals surface area (Å²) < 4.78 is 0. The van der Waals surface area contributed by atoms with Gasteiger partial charge >= 0.3 is 0 Å². The Morgan fingerprint density at radius 1 is 0.952 bits per heavy atom. The van der Waals surface area contributed by atoms with Crippen molar-refractivity contribution in [3.8, 4) is 0 Å². The fraction of sp³-hybridized carbons (Fsp3) is 1.00. The highest BCUT2D eigenvalue weighted by atomic mass is 15.4. The molecule has 122 valence electrons. The second kappa shape index (κ2) is 6.17. The molecule has 0 atom stereocenters. The lowest BCUT2D eigenvalue weighted by atomic mass is 9.92. The zero-order chi connectivity index (χ0) is 15.0. The minimum atomic E-state index is 0.718. The summed E-state index contributed by atoms with van der Waals surface area (Å²) in [6, 6.07) is 1.57. The lowest BCUT2D eigenvalue weighted by Crippen LogP contribution is -2.64. The predicted molar refractivity (Wildman–Crippen MR) is 89.6 cm³/mol. The molecule has 3 fully saturated rings. The SMILES string of the molecule is CC(C)CC1(CN2CC(N3CCN(C(C)C)CC3)C2)CC1. The first kappa shape index (κ1) is 15.8. The van der Waals surface area contributed by atoms with Gasteiger partial charge in [-0.05, 0) is 44.4 Å². The largest absolute Gasteiger partial charge is 0.300 e. The Morgan fingerprint density at radius 3 is 2.05 bits per heavy atom. The quantitative estimate of drug-likeness (QED) is 0.745. The Morgan fingerprint density at radius 2 is 1.57 bits per heavy atom. The molecule has 1 saturated carbocycles. The molecule has 3 rings (SSSR count). The molecule has 0 unspecified atom stereocenters. The summed E-state index contributed by atoms with van der Waals surface area (Å²) in [4.78, 5) is 8.10. The summed E-state index contributed by atoms with van der Waals surface area (Å²) in [6.45, 7) is 18.6. The molecule has 0 radical (unpaired) electrons. The summed E-state index contributed by atoms with van der Waals surface area (Å²) in [5.74, 6) is 0.869. The van der Waals surface area contributed by atoms with Crippen LogP contribution in [0.1, 0.15) is 47.0 Å². The molecule has 3 aliphatic rings. The van der Waals surface area contributed by atoms with Crippen LogP contribution in [0.5, 0.6) is 0 Å². The van der Waals surface area contributed by atoms with Gasteiger partial charge in [0.2, 0.25) is 0 Å². The van der Waals surface area contributed by atoms with E-state index in [1.807, 2.05) is 0 Å². The highest BCUT2D eigenvalue weighted by Crippen LogP contribution is 2.51. The van der Waals surface area contributed by atoms with E-state index in [0.29, 0.717) is 0 Å². The van der Waals surface area contributed by atoms with Gasteiger partial charge in [-0.25, -0.2) is 0 Å². The Kier molecular flexibility index (Phi) is 4.63. The topological polar surface area (TPSA) is 9.72 Å². The van der Waals surface area contributed by atoms with Crippen LogP contribution in [-0.4, -0.2) is 72.6 Å². The van der Waals surface area contributed by atoms with Gasteiger partial charge in [-0.3, -0.25) is 14.7 Å². The van der Waals surface area contributed by atoms with Crippen molar-refractivity contribution in [3.63, 3.8) is 0 Å². The summed E-state index contributed by atoms with van der Waals surface area (Å²) in [6.07, 6.45) is 4.42. The first-order chi connectivity index (χ1) is 9.97. The van der Waals surface area contributed by atoms with E-state index in [2.05, 4.69) is 42.4 Å². The van der Waals surface area contributed by atoms with Gasteiger partial charge in [0, 0.05) is 57.9 Å². The molecule has 21 heavy (non-hydrogen) atoms. The molecule has 0 N–H and O–H groups in total. The smallest absolute Gasteiger partial charge is 0.0351 e. The lowest BCUT2D eigenvalue weighted by Gasteiger charge is -2.49. The molecule has 0 aromatic heterocycles. The maximum atomic E-state index is 2.75. The van der Waals surface area contributed by atoms with E-state index in [4.69, 9.17) is 0 Å². The Hall–Kier alpha value is -0.120. The third-order valence-electron chi connectivity index (χ3n) is 5.89. The van der Waals surface area contributed by atoms with E-state index in [0.717, 1.165) is 23.4 Å². The van der Waals surface area contributed by atoms with Gasteiger partial charge in [-0.15, -0.1) is 0 Å². The second-order valence-corrected chi connectivity index (χ2v) is 8.61. The van der Waals surface area contributed by atoms with Crippen molar-refractivity contribution in [1.82, 2.24) is 14.7 Å². The van der Waals surface area contributed by atoms with Crippen LogP contribution in [0, 0.1) is 11.3 Å². The van der Waals surface area contributed by atoms with E-state index < -0.39 is 0 Å². The highest BCUT2D eigenvalue weighted by molar-refractivity contribution is 5.00. The van der Waals surface area contributed by atoms with E-state index in [1.165, 1.54) is 65.1 Å². The zero-order valence-electron chi connectivity index (χ0n) is 14.6. The van der Waals surface area contributed by atoms with Crippen LogP contribution in [0.25, 0.3) is 0 Å². The number of likely N-dealkylation sites (tertiary alicyclic amines) is 1. The molecule has 0 bridgehead atoms. The maximum Gasteiger partial charge on any atom is 0.0351 e. The molecule has 1 aliphatic carbocycles. The van der Waals surface area contributed by atoms with Crippen molar-refractivity contribution in [2.24, 2.45) is 11.3 Å². The Labute approximate surface area is 131 Å². The van der Waals surface area contributed by atoms with Crippen molar-refractivity contribution in [1.29, 1.82) is 0 Å². The second-order valence-electron chi connectivity index (χ2n) is 8.61. The van der Waals surface area contributed by atoms with Crippen molar-refractivity contribution < 1.29 is 0 Å². The average Bonchev–Trinajstić information content (AvgIpc) is 3.12. The molecule has 2 heterocycles. The number of hydrogen-bond donors (Lipinski definition) is 0. The Balaban J connectivity index is 1.37. The molecule has 0 aromatic rings. The van der Waals surface area contributed by atoms with Crippen LogP contribution in [0.3, 0.4) is 0 Å². The third kappa shape index (κ3) is 3.80. The lowest BCUT2D eigenvalue weighted by molar-refractivity contribution is -0.0102. The van der Waals surface area contributed by atoms with Gasteiger partial charge in [0.25, 0.3) is 0 Å². The fourth-order valence-corrected chi connectivity index (χ4v) is 4.47. The Bertz CT molecular complexity index is 334. The standard InChI is InChI=1S/C18H35N3/c1-15(2)11-18(5-6-18)14-19-12-17(13-19)21-9-7-20(8-10-21)16(3)4/h15-17H,5-14H2,1-4H3. The minimum absolute atomic E-state index is 0.718. The van der Waals surface area contributed by atoms with Crippen LogP contribution in [-0.2, 0) is 0 Å². The summed E-state index contributed by atoms with van der Waals surface area (Å²) >= 11 is 0. The van der Waals surface area contributed by atoms with Gasteiger partial charge in [-0.2, -0.15) is 0 Å². The van der Waals surface area contributed by atoms with Crippen LogP contribution in [0.2, 0.25) is 0 Å². The van der Waals surface area contributed by atoms with Gasteiger partial charge < -0.3 is 0 Å². The first-order valence-corrected chi connectivity index (χ1v) is 9.18. The van der Waals surface area contributed by atoms with Crippen LogP contribution < -0.4 is 0 Å². The monoisotopic (exact) mass is 293 g/mol. The molecule has 2 aliphatic heterocycles. The highest BCUT2D eigenvalue weighted by Gasteiger charge is 2.46. The van der Waals surface area contributed by atoms with Crippen molar-refractivity contribution in [3.05, 3.63) is 0 Å². The van der Waals surface area contributed by atoms with Crippen molar-refractivity contribution >= 4 is 0 Å². The fourth-order valence-electron chi connectivity index (χ4n) is 4.47. The molecule has 0 amide bonds. The maximum absolute atomic E-state index is 2.75. The molecule has 0 spiro atoms. The van der Waals surface area contributed by atoms with E-state index >= 15 is 0 Å². The van der Waals surface area contributed by atoms with Gasteiger partial charge in [0.15, 0.2) is 0 Å². The van der Waals surface area contributed by atoms with Crippen LogP contribution in [0.15, 0.2) is 0 Å². The van der Waals surface area contributed by atoms with Gasteiger partial charge in [-0.1, -0.05) is 13.8 Å². The number of nitrogens with zero attached hydrogens (tertiary/aromatic N) is 3. The van der Waals surface area contributed by atoms with Gasteiger partial charge in [0.1, 0.15) is 0 Å². The van der Waals surface area contributed by atoms with Gasteiger partial charge in [0.05, 0.1) is 0 Å². The molecule has 3 heteroatoms. The van der Waals surface area contributed by atoms with E-state index in [9.17, 15) is 0 Å². The number of rotatable bonds is 6.